The molecule has 0 spiro atoms. The van der Waals surface area contributed by atoms with Gasteiger partial charge in [0.05, 0.1) is 4.88 Å². The van der Waals surface area contributed by atoms with E-state index < -0.39 is 5.97 Å². The van der Waals surface area contributed by atoms with Crippen molar-refractivity contribution < 1.29 is 14.7 Å². The Morgan fingerprint density at radius 2 is 2.14 bits per heavy atom. The molecular weight excluding hydrogens is 286 g/mol. The van der Waals surface area contributed by atoms with Gasteiger partial charge in [-0.1, -0.05) is 19.1 Å². The number of amides is 1. The Morgan fingerprint density at radius 1 is 1.33 bits per heavy atom. The van der Waals surface area contributed by atoms with Crippen molar-refractivity contribution in [3.63, 3.8) is 0 Å². The van der Waals surface area contributed by atoms with Crippen LogP contribution in [0.15, 0.2) is 41.8 Å². The number of hydrogen-bond donors (Lipinski definition) is 2. The van der Waals surface area contributed by atoms with Gasteiger partial charge in [-0.25, -0.2) is 4.79 Å². The monoisotopic (exact) mass is 301 g/mol. The van der Waals surface area contributed by atoms with Crippen molar-refractivity contribution in [2.75, 3.05) is 5.32 Å². The molecule has 1 amide bonds. The average Bonchev–Trinajstić information content (AvgIpc) is 2.93. The molecule has 21 heavy (non-hydrogen) atoms. The van der Waals surface area contributed by atoms with Gasteiger partial charge in [-0.05, 0) is 47.2 Å². The van der Waals surface area contributed by atoms with Gasteiger partial charge < -0.3 is 10.4 Å². The zero-order valence-electron chi connectivity index (χ0n) is 11.5. The molecular formula is C16H15NO3S. The van der Waals surface area contributed by atoms with Crippen molar-refractivity contribution in [1.82, 2.24) is 0 Å². The first-order valence-corrected chi connectivity index (χ1v) is 7.37. The molecule has 0 atom stereocenters. The van der Waals surface area contributed by atoms with Gasteiger partial charge in [-0.2, -0.15) is 0 Å². The van der Waals surface area contributed by atoms with Crippen molar-refractivity contribution in [2.45, 2.75) is 13.3 Å². The second-order valence-electron chi connectivity index (χ2n) is 4.38. The topological polar surface area (TPSA) is 66.4 Å². The van der Waals surface area contributed by atoms with Gasteiger partial charge in [0.15, 0.2) is 0 Å². The van der Waals surface area contributed by atoms with Crippen LogP contribution in [-0.4, -0.2) is 17.0 Å². The fraction of sp³-hybridized carbons (Fsp3) is 0.125. The van der Waals surface area contributed by atoms with Crippen molar-refractivity contribution in [3.05, 3.63) is 57.8 Å². The number of carboxylic acid groups (broad SMARTS) is 1. The molecule has 2 N–H and O–H groups in total. The van der Waals surface area contributed by atoms with Crippen LogP contribution in [-0.2, 0) is 11.2 Å². The van der Waals surface area contributed by atoms with Crippen molar-refractivity contribution in [2.24, 2.45) is 0 Å². The summed E-state index contributed by atoms with van der Waals surface area (Å²) in [5, 5.41) is 13.3. The molecule has 0 fully saturated rings. The number of benzene rings is 1. The quantitative estimate of drug-likeness (QED) is 0.828. The molecule has 2 rings (SSSR count). The van der Waals surface area contributed by atoms with E-state index in [0.717, 1.165) is 23.7 Å². The van der Waals surface area contributed by atoms with Crippen LogP contribution in [0, 0.1) is 0 Å². The molecule has 5 heteroatoms. The Kier molecular flexibility index (Phi) is 4.90. The zero-order valence-corrected chi connectivity index (χ0v) is 12.3. The Hall–Kier alpha value is -2.40. The minimum absolute atomic E-state index is 0.233. The third-order valence-corrected chi connectivity index (χ3v) is 3.83. The van der Waals surface area contributed by atoms with E-state index in [1.807, 2.05) is 24.3 Å². The molecule has 0 bridgehead atoms. The molecule has 108 valence electrons. The Labute approximate surface area is 126 Å². The maximum Gasteiger partial charge on any atom is 0.328 e. The number of carbonyl (C=O) groups is 2. The summed E-state index contributed by atoms with van der Waals surface area (Å²) in [6, 6.07) is 9.38. The fourth-order valence-corrected chi connectivity index (χ4v) is 2.63. The lowest BCUT2D eigenvalue weighted by Gasteiger charge is -2.06. The summed E-state index contributed by atoms with van der Waals surface area (Å²) in [5.41, 5.74) is 2.48. The molecule has 0 radical (unpaired) electrons. The molecule has 1 heterocycles. The Morgan fingerprint density at radius 3 is 2.86 bits per heavy atom. The summed E-state index contributed by atoms with van der Waals surface area (Å²) in [7, 11) is 0. The van der Waals surface area contributed by atoms with Crippen LogP contribution in [0.3, 0.4) is 0 Å². The van der Waals surface area contributed by atoms with E-state index in [9.17, 15) is 9.59 Å². The highest BCUT2D eigenvalue weighted by Crippen LogP contribution is 2.20. The van der Waals surface area contributed by atoms with Crippen LogP contribution in [0.2, 0.25) is 0 Å². The number of aryl methyl sites for hydroxylation is 1. The van der Waals surface area contributed by atoms with Crippen LogP contribution in [0.4, 0.5) is 5.69 Å². The smallest absolute Gasteiger partial charge is 0.328 e. The minimum atomic E-state index is -1.04. The number of thiophene rings is 1. The second-order valence-corrected chi connectivity index (χ2v) is 5.30. The molecule has 0 unspecified atom stereocenters. The normalized spacial score (nSPS) is 10.7. The number of carboxylic acids is 1. The van der Waals surface area contributed by atoms with Crippen LogP contribution < -0.4 is 5.32 Å². The van der Waals surface area contributed by atoms with E-state index >= 15 is 0 Å². The Bertz CT molecular complexity index is 688. The number of anilines is 1. The summed E-state index contributed by atoms with van der Waals surface area (Å²) in [5.74, 6) is -1.27. The van der Waals surface area contributed by atoms with E-state index in [1.165, 1.54) is 17.4 Å². The summed E-state index contributed by atoms with van der Waals surface area (Å²) < 4.78 is 0. The maximum absolute atomic E-state index is 12.3. The van der Waals surface area contributed by atoms with Crippen LogP contribution in [0.1, 0.15) is 27.7 Å². The van der Waals surface area contributed by atoms with Gasteiger partial charge in [-0.15, -0.1) is 11.3 Å². The van der Waals surface area contributed by atoms with E-state index in [1.54, 1.807) is 11.4 Å². The first-order chi connectivity index (χ1) is 10.1. The highest BCUT2D eigenvalue weighted by atomic mass is 32.1. The predicted molar refractivity (Wildman–Crippen MR) is 84.8 cm³/mol. The second kappa shape index (κ2) is 6.85. The number of rotatable bonds is 5. The van der Waals surface area contributed by atoms with Crippen LogP contribution in [0.5, 0.6) is 0 Å². The third-order valence-electron chi connectivity index (χ3n) is 2.90. The fourth-order valence-electron chi connectivity index (χ4n) is 1.85. The summed E-state index contributed by atoms with van der Waals surface area (Å²) in [6.45, 7) is 2.05. The van der Waals surface area contributed by atoms with E-state index in [0.29, 0.717) is 10.4 Å². The lowest BCUT2D eigenvalue weighted by molar-refractivity contribution is -0.131. The molecule has 2 aromatic rings. The van der Waals surface area contributed by atoms with E-state index in [4.69, 9.17) is 5.11 Å². The molecule has 0 aliphatic carbocycles. The molecule has 0 aliphatic rings. The highest BCUT2D eigenvalue weighted by molar-refractivity contribution is 7.12. The maximum atomic E-state index is 12.3. The number of nitrogens with one attached hydrogen (secondary N) is 1. The molecule has 1 aromatic carbocycles. The van der Waals surface area contributed by atoms with Crippen LogP contribution >= 0.6 is 11.3 Å². The average molecular weight is 301 g/mol. The van der Waals surface area contributed by atoms with Crippen molar-refractivity contribution >= 4 is 35.0 Å². The van der Waals surface area contributed by atoms with E-state index in [-0.39, 0.29) is 5.91 Å². The molecule has 1 aromatic heterocycles. The third kappa shape index (κ3) is 4.03. The van der Waals surface area contributed by atoms with Gasteiger partial charge in [0.25, 0.3) is 5.91 Å². The van der Waals surface area contributed by atoms with Crippen molar-refractivity contribution in [3.8, 4) is 0 Å². The van der Waals surface area contributed by atoms with Gasteiger partial charge in [0.1, 0.15) is 0 Å². The zero-order chi connectivity index (χ0) is 15.2. The molecule has 0 saturated carbocycles. The minimum Gasteiger partial charge on any atom is -0.478 e. The molecule has 0 aliphatic heterocycles. The van der Waals surface area contributed by atoms with Crippen molar-refractivity contribution in [1.29, 1.82) is 0 Å². The highest BCUT2D eigenvalue weighted by Gasteiger charge is 2.12. The molecule has 4 nitrogen and oxygen atoms in total. The summed E-state index contributed by atoms with van der Waals surface area (Å²) in [4.78, 5) is 23.3. The SMILES string of the molecule is CCc1cccc(NC(=O)c2sccc2C=CC(=O)O)c1. The Balaban J connectivity index is 2.17. The largest absolute Gasteiger partial charge is 0.478 e. The number of aliphatic carboxylic acids is 1. The molecule has 0 saturated heterocycles. The van der Waals surface area contributed by atoms with Gasteiger partial charge in [0, 0.05) is 11.8 Å². The van der Waals surface area contributed by atoms with Gasteiger partial charge >= 0.3 is 5.97 Å². The predicted octanol–water partition coefficient (Wildman–Crippen LogP) is 3.66. The first-order valence-electron chi connectivity index (χ1n) is 6.49. The lowest BCUT2D eigenvalue weighted by Crippen LogP contribution is -2.11. The number of carbonyl (C=O) groups excluding carboxylic acids is 1. The lowest BCUT2D eigenvalue weighted by atomic mass is 10.1. The van der Waals surface area contributed by atoms with Gasteiger partial charge in [0.2, 0.25) is 0 Å². The summed E-state index contributed by atoms with van der Waals surface area (Å²) in [6.07, 6.45) is 3.35. The van der Waals surface area contributed by atoms with Crippen LogP contribution in [0.25, 0.3) is 6.08 Å². The van der Waals surface area contributed by atoms with Gasteiger partial charge in [-0.3, -0.25) is 4.79 Å². The first kappa shape index (κ1) is 15.0. The standard InChI is InChI=1S/C16H15NO3S/c1-2-11-4-3-5-13(10-11)17-16(20)15-12(8-9-21-15)6-7-14(18)19/h3-10H,2H2,1H3,(H,17,20)(H,18,19). The summed E-state index contributed by atoms with van der Waals surface area (Å²) >= 11 is 1.28. The van der Waals surface area contributed by atoms with E-state index in [2.05, 4.69) is 12.2 Å². The number of hydrogen-bond acceptors (Lipinski definition) is 3.